The Morgan fingerprint density at radius 2 is 2.11 bits per heavy atom. The fourth-order valence-electron chi connectivity index (χ4n) is 1.30. The van der Waals surface area contributed by atoms with Gasteiger partial charge in [0.1, 0.15) is 5.82 Å². The Kier molecular flexibility index (Phi) is 5.07. The molecule has 0 spiro atoms. The average molecular weight is 271 g/mol. The van der Waals surface area contributed by atoms with E-state index >= 15 is 0 Å². The molecule has 18 heavy (non-hydrogen) atoms. The van der Waals surface area contributed by atoms with Gasteiger partial charge in [-0.1, -0.05) is 0 Å². The molecular weight excluding hydrogens is 257 g/mol. The predicted molar refractivity (Wildman–Crippen MR) is 67.1 cm³/mol. The van der Waals surface area contributed by atoms with Crippen molar-refractivity contribution >= 4 is 15.7 Å². The number of hydrogen-bond donors (Lipinski definition) is 2. The molecule has 2 N–H and O–H groups in total. The number of hydrogen-bond acceptors (Lipinski definition) is 4. The van der Waals surface area contributed by atoms with E-state index in [1.165, 1.54) is 12.1 Å². The molecule has 1 aromatic rings. The number of benzene rings is 1. The zero-order valence-electron chi connectivity index (χ0n) is 9.90. The first-order valence-electron chi connectivity index (χ1n) is 5.30. The third kappa shape index (κ3) is 5.12. The van der Waals surface area contributed by atoms with Gasteiger partial charge >= 0.3 is 0 Å². The number of anilines is 1. The molecule has 0 aliphatic rings. The van der Waals surface area contributed by atoms with Gasteiger partial charge < -0.3 is 5.32 Å². The average Bonchev–Trinajstić information content (AvgIpc) is 2.29. The van der Waals surface area contributed by atoms with Crippen LogP contribution in [0.2, 0.25) is 0 Å². The molecule has 0 aliphatic heterocycles. The van der Waals surface area contributed by atoms with Crippen LogP contribution in [0.25, 0.3) is 0 Å². The van der Waals surface area contributed by atoms with Crippen LogP contribution in [0.3, 0.4) is 0 Å². The van der Waals surface area contributed by atoms with Crippen LogP contribution in [0.15, 0.2) is 18.2 Å². The Labute approximate surface area is 106 Å². The maximum absolute atomic E-state index is 13.4. The van der Waals surface area contributed by atoms with E-state index in [2.05, 4.69) is 10.0 Å². The van der Waals surface area contributed by atoms with Gasteiger partial charge in [0.15, 0.2) is 0 Å². The molecule has 0 saturated carbocycles. The highest BCUT2D eigenvalue weighted by atomic mass is 32.2. The van der Waals surface area contributed by atoms with Crippen molar-refractivity contribution in [1.29, 1.82) is 5.26 Å². The Morgan fingerprint density at radius 3 is 2.67 bits per heavy atom. The third-order valence-corrected chi connectivity index (χ3v) is 2.86. The first-order chi connectivity index (χ1) is 8.42. The quantitative estimate of drug-likeness (QED) is 0.758. The Morgan fingerprint density at radius 1 is 1.39 bits per heavy atom. The van der Waals surface area contributed by atoms with Gasteiger partial charge in [-0.3, -0.25) is 0 Å². The monoisotopic (exact) mass is 271 g/mol. The standard InChI is InChI=1S/C11H14FN3O2S/c1-18(16,17)15-6-2-5-14-11-4-3-9(8-13)7-10(11)12/h3-4,7,14-15H,2,5-6H2,1H3. The smallest absolute Gasteiger partial charge is 0.208 e. The first-order valence-corrected chi connectivity index (χ1v) is 7.19. The van der Waals surface area contributed by atoms with Crippen LogP contribution in [0.5, 0.6) is 0 Å². The molecule has 0 heterocycles. The molecule has 1 aromatic carbocycles. The zero-order chi connectivity index (χ0) is 13.6. The van der Waals surface area contributed by atoms with Crippen molar-refractivity contribution in [2.75, 3.05) is 24.7 Å². The second kappa shape index (κ2) is 6.33. The summed E-state index contributed by atoms with van der Waals surface area (Å²) in [6.45, 7) is 0.731. The van der Waals surface area contributed by atoms with Crippen molar-refractivity contribution in [3.8, 4) is 6.07 Å². The van der Waals surface area contributed by atoms with Crippen LogP contribution in [0, 0.1) is 17.1 Å². The molecule has 0 aliphatic carbocycles. The number of sulfonamides is 1. The molecule has 0 unspecified atom stereocenters. The summed E-state index contributed by atoms with van der Waals surface area (Å²) in [7, 11) is -3.17. The normalized spacial score (nSPS) is 10.9. The molecular formula is C11H14FN3O2S. The van der Waals surface area contributed by atoms with Gasteiger partial charge in [-0.15, -0.1) is 0 Å². The summed E-state index contributed by atoms with van der Waals surface area (Å²) in [5, 5.41) is 11.4. The van der Waals surface area contributed by atoms with Crippen LogP contribution < -0.4 is 10.0 Å². The fraction of sp³-hybridized carbons (Fsp3) is 0.364. The van der Waals surface area contributed by atoms with E-state index in [0.29, 0.717) is 25.2 Å². The summed E-state index contributed by atoms with van der Waals surface area (Å²) < 4.78 is 37.3. The first kappa shape index (κ1) is 14.4. The van der Waals surface area contributed by atoms with Crippen molar-refractivity contribution in [1.82, 2.24) is 4.72 Å². The molecule has 0 radical (unpaired) electrons. The van der Waals surface area contributed by atoms with E-state index < -0.39 is 15.8 Å². The molecule has 0 fully saturated rings. The van der Waals surface area contributed by atoms with Gasteiger partial charge in [-0.25, -0.2) is 17.5 Å². The van der Waals surface area contributed by atoms with Gasteiger partial charge in [-0.2, -0.15) is 5.26 Å². The second-order valence-electron chi connectivity index (χ2n) is 3.75. The lowest BCUT2D eigenvalue weighted by Crippen LogP contribution is -2.24. The molecule has 0 amide bonds. The maximum Gasteiger partial charge on any atom is 0.208 e. The van der Waals surface area contributed by atoms with Gasteiger partial charge in [0, 0.05) is 13.1 Å². The zero-order valence-corrected chi connectivity index (χ0v) is 10.7. The SMILES string of the molecule is CS(=O)(=O)NCCCNc1ccc(C#N)cc1F. The van der Waals surface area contributed by atoms with E-state index in [1.807, 2.05) is 6.07 Å². The number of halogens is 1. The number of rotatable bonds is 6. The van der Waals surface area contributed by atoms with E-state index in [1.54, 1.807) is 0 Å². The summed E-state index contributed by atoms with van der Waals surface area (Å²) in [6.07, 6.45) is 1.62. The molecule has 0 aromatic heterocycles. The van der Waals surface area contributed by atoms with Gasteiger partial charge in [0.05, 0.1) is 23.6 Å². The lowest BCUT2D eigenvalue weighted by atomic mass is 10.2. The van der Waals surface area contributed by atoms with Gasteiger partial charge in [-0.05, 0) is 24.6 Å². The third-order valence-electron chi connectivity index (χ3n) is 2.13. The van der Waals surface area contributed by atoms with Crippen LogP contribution in [-0.2, 0) is 10.0 Å². The van der Waals surface area contributed by atoms with E-state index in [4.69, 9.17) is 5.26 Å². The fourth-order valence-corrected chi connectivity index (χ4v) is 1.81. The highest BCUT2D eigenvalue weighted by Gasteiger charge is 2.03. The van der Waals surface area contributed by atoms with Crippen LogP contribution in [0.1, 0.15) is 12.0 Å². The molecule has 0 saturated heterocycles. The van der Waals surface area contributed by atoms with Crippen LogP contribution >= 0.6 is 0 Å². The van der Waals surface area contributed by atoms with E-state index in [-0.39, 0.29) is 5.56 Å². The molecule has 5 nitrogen and oxygen atoms in total. The largest absolute Gasteiger partial charge is 0.383 e. The summed E-state index contributed by atoms with van der Waals surface area (Å²) in [6, 6.07) is 5.99. The highest BCUT2D eigenvalue weighted by Crippen LogP contribution is 2.14. The summed E-state index contributed by atoms with van der Waals surface area (Å²) in [4.78, 5) is 0. The van der Waals surface area contributed by atoms with Gasteiger partial charge in [0.2, 0.25) is 10.0 Å². The lowest BCUT2D eigenvalue weighted by molar-refractivity contribution is 0.586. The minimum Gasteiger partial charge on any atom is -0.383 e. The molecule has 98 valence electrons. The van der Waals surface area contributed by atoms with Crippen LogP contribution in [-0.4, -0.2) is 27.8 Å². The van der Waals surface area contributed by atoms with Crippen molar-refractivity contribution < 1.29 is 12.8 Å². The minimum absolute atomic E-state index is 0.261. The Hall–Kier alpha value is -1.65. The predicted octanol–water partition coefficient (Wildman–Crippen LogP) is 1.05. The molecule has 7 heteroatoms. The maximum atomic E-state index is 13.4. The second-order valence-corrected chi connectivity index (χ2v) is 5.59. The number of nitrogens with one attached hydrogen (secondary N) is 2. The van der Waals surface area contributed by atoms with Crippen molar-refractivity contribution in [2.45, 2.75) is 6.42 Å². The number of nitriles is 1. The van der Waals surface area contributed by atoms with Gasteiger partial charge in [0.25, 0.3) is 0 Å². The lowest BCUT2D eigenvalue weighted by Gasteiger charge is -2.07. The van der Waals surface area contributed by atoms with E-state index in [0.717, 1.165) is 12.3 Å². The van der Waals surface area contributed by atoms with E-state index in [9.17, 15) is 12.8 Å². The highest BCUT2D eigenvalue weighted by molar-refractivity contribution is 7.88. The Balaban J connectivity index is 2.39. The van der Waals surface area contributed by atoms with Crippen LogP contribution in [0.4, 0.5) is 10.1 Å². The van der Waals surface area contributed by atoms with Crippen molar-refractivity contribution in [2.24, 2.45) is 0 Å². The molecule has 0 atom stereocenters. The number of nitrogens with zero attached hydrogens (tertiary/aromatic N) is 1. The topological polar surface area (TPSA) is 82.0 Å². The summed E-state index contributed by atoms with van der Waals surface area (Å²) >= 11 is 0. The van der Waals surface area contributed by atoms with Crippen molar-refractivity contribution in [3.05, 3.63) is 29.6 Å². The van der Waals surface area contributed by atoms with Crippen molar-refractivity contribution in [3.63, 3.8) is 0 Å². The summed E-state index contributed by atoms with van der Waals surface area (Å²) in [5.41, 5.74) is 0.560. The summed E-state index contributed by atoms with van der Waals surface area (Å²) in [5.74, 6) is -0.495. The molecule has 1 rings (SSSR count). The minimum atomic E-state index is -3.17. The Bertz CT molecular complexity index is 552. The molecule has 0 bridgehead atoms.